The highest BCUT2D eigenvalue weighted by atomic mass is 19.3. The second kappa shape index (κ2) is 4.07. The van der Waals surface area contributed by atoms with Crippen LogP contribution in [0.2, 0.25) is 0 Å². The summed E-state index contributed by atoms with van der Waals surface area (Å²) in [6.07, 6.45) is -3.27. The van der Waals surface area contributed by atoms with E-state index in [1.54, 1.807) is 0 Å². The molecule has 0 aliphatic rings. The summed E-state index contributed by atoms with van der Waals surface area (Å²) in [7, 11) is 0. The Hall–Kier alpha value is -1.92. The molecular weight excluding hydrogens is 215 g/mol. The fourth-order valence-corrected chi connectivity index (χ4v) is 0.932. The Morgan fingerprint density at radius 2 is 2.00 bits per heavy atom. The minimum Gasteiger partial charge on any atom is -0.288 e. The van der Waals surface area contributed by atoms with Crippen molar-refractivity contribution in [2.45, 2.75) is 6.43 Å². The molecule has 0 amide bonds. The maximum Gasteiger partial charge on any atom is 0.305 e. The molecule has 0 radical (unpaired) electrons. The Morgan fingerprint density at radius 3 is 2.47 bits per heavy atom. The molecule has 0 saturated heterocycles. The maximum atomic E-state index is 12.7. The van der Waals surface area contributed by atoms with E-state index < -0.39 is 34.2 Å². The Balaban J connectivity index is 3.19. The topological polar surface area (TPSA) is 60.2 Å². The molecule has 1 aromatic carbocycles. The lowest BCUT2D eigenvalue weighted by Gasteiger charge is -1.99. The number of benzene rings is 1. The SMILES string of the molecule is O=C(c1ccc(F)c([N+](=O)[O-])c1)C(F)F. The van der Waals surface area contributed by atoms with E-state index in [1.165, 1.54) is 0 Å². The standard InChI is InChI=1S/C8H4F3NO3/c9-5-2-1-4(7(13)8(10)11)3-6(5)12(14)15/h1-3,8H. The second-order valence-corrected chi connectivity index (χ2v) is 2.59. The number of nitro groups is 1. The van der Waals surface area contributed by atoms with E-state index in [0.29, 0.717) is 12.1 Å². The molecule has 80 valence electrons. The molecule has 1 rings (SSSR count). The molecule has 15 heavy (non-hydrogen) atoms. The van der Waals surface area contributed by atoms with Crippen LogP contribution in [0.4, 0.5) is 18.9 Å². The number of hydrogen-bond donors (Lipinski definition) is 0. The summed E-state index contributed by atoms with van der Waals surface area (Å²) in [5.74, 6) is -2.75. The molecule has 0 aliphatic carbocycles. The van der Waals surface area contributed by atoms with E-state index in [9.17, 15) is 28.1 Å². The van der Waals surface area contributed by atoms with Gasteiger partial charge in [0.15, 0.2) is 0 Å². The predicted molar refractivity (Wildman–Crippen MR) is 43.4 cm³/mol. The van der Waals surface area contributed by atoms with Crippen LogP contribution in [0.1, 0.15) is 10.4 Å². The molecule has 0 atom stereocenters. The van der Waals surface area contributed by atoms with Gasteiger partial charge in [0, 0.05) is 11.6 Å². The Kier molecular flexibility index (Phi) is 3.03. The molecule has 0 fully saturated rings. The van der Waals surface area contributed by atoms with Gasteiger partial charge < -0.3 is 0 Å². The first-order valence-electron chi connectivity index (χ1n) is 3.70. The fourth-order valence-electron chi connectivity index (χ4n) is 0.932. The highest BCUT2D eigenvalue weighted by molar-refractivity contribution is 5.98. The van der Waals surface area contributed by atoms with Gasteiger partial charge in [-0.25, -0.2) is 8.78 Å². The lowest BCUT2D eigenvalue weighted by Crippen LogP contribution is -2.10. The highest BCUT2D eigenvalue weighted by Crippen LogP contribution is 2.20. The molecule has 0 heterocycles. The molecule has 0 N–H and O–H groups in total. The van der Waals surface area contributed by atoms with E-state index in [2.05, 4.69) is 0 Å². The number of Topliss-reactive ketones (excluding diaryl/α,β-unsaturated/α-hetero) is 1. The molecule has 1 aromatic rings. The van der Waals surface area contributed by atoms with Gasteiger partial charge in [0.2, 0.25) is 11.6 Å². The van der Waals surface area contributed by atoms with Gasteiger partial charge in [0.1, 0.15) is 0 Å². The normalized spacial score (nSPS) is 10.4. The van der Waals surface area contributed by atoms with Crippen molar-refractivity contribution < 1.29 is 22.9 Å². The number of nitrogens with zero attached hydrogens (tertiary/aromatic N) is 1. The zero-order valence-corrected chi connectivity index (χ0v) is 7.12. The van der Waals surface area contributed by atoms with E-state index in [0.717, 1.165) is 6.07 Å². The monoisotopic (exact) mass is 219 g/mol. The summed E-state index contributed by atoms with van der Waals surface area (Å²) in [5.41, 5.74) is -1.58. The zero-order valence-electron chi connectivity index (χ0n) is 7.12. The third-order valence-electron chi connectivity index (χ3n) is 1.63. The minimum absolute atomic E-state index is 0.490. The first-order chi connectivity index (χ1) is 6.93. The quantitative estimate of drug-likeness (QED) is 0.444. The molecule has 4 nitrogen and oxygen atoms in total. The van der Waals surface area contributed by atoms with Crippen molar-refractivity contribution in [1.82, 2.24) is 0 Å². The average molecular weight is 219 g/mol. The Bertz CT molecular complexity index is 420. The number of halogens is 3. The third-order valence-corrected chi connectivity index (χ3v) is 1.63. The largest absolute Gasteiger partial charge is 0.305 e. The van der Waals surface area contributed by atoms with Crippen LogP contribution in [0.5, 0.6) is 0 Å². The van der Waals surface area contributed by atoms with Gasteiger partial charge in [-0.2, -0.15) is 4.39 Å². The van der Waals surface area contributed by atoms with Gasteiger partial charge in [-0.05, 0) is 12.1 Å². The van der Waals surface area contributed by atoms with Crippen molar-refractivity contribution in [3.05, 3.63) is 39.7 Å². The van der Waals surface area contributed by atoms with Crippen molar-refractivity contribution in [3.63, 3.8) is 0 Å². The number of hydrogen-bond acceptors (Lipinski definition) is 3. The van der Waals surface area contributed by atoms with Gasteiger partial charge in [-0.3, -0.25) is 14.9 Å². The first-order valence-corrected chi connectivity index (χ1v) is 3.70. The smallest absolute Gasteiger partial charge is 0.288 e. The summed E-state index contributed by atoms with van der Waals surface area (Å²) in [4.78, 5) is 19.9. The number of nitro benzene ring substituents is 1. The lowest BCUT2D eigenvalue weighted by atomic mass is 10.1. The van der Waals surface area contributed by atoms with Crippen molar-refractivity contribution in [2.24, 2.45) is 0 Å². The number of ketones is 1. The molecule has 0 unspecified atom stereocenters. The van der Waals surface area contributed by atoms with E-state index in [1.807, 2.05) is 0 Å². The van der Waals surface area contributed by atoms with Gasteiger partial charge in [-0.1, -0.05) is 0 Å². The summed E-state index contributed by atoms with van der Waals surface area (Å²) in [6, 6.07) is 1.87. The van der Waals surface area contributed by atoms with Crippen LogP contribution < -0.4 is 0 Å². The van der Waals surface area contributed by atoms with Gasteiger partial charge >= 0.3 is 12.1 Å². The number of carbonyl (C=O) groups excluding carboxylic acids is 1. The van der Waals surface area contributed by atoms with Crippen LogP contribution in [0.3, 0.4) is 0 Å². The zero-order chi connectivity index (χ0) is 11.6. The molecule has 7 heteroatoms. The van der Waals surface area contributed by atoms with E-state index in [-0.39, 0.29) is 0 Å². The number of rotatable bonds is 3. The number of carbonyl (C=O) groups is 1. The Morgan fingerprint density at radius 1 is 1.40 bits per heavy atom. The van der Waals surface area contributed by atoms with Crippen molar-refractivity contribution in [2.75, 3.05) is 0 Å². The van der Waals surface area contributed by atoms with Crippen LogP contribution in [-0.2, 0) is 0 Å². The number of alkyl halides is 2. The van der Waals surface area contributed by atoms with Crippen LogP contribution in [-0.4, -0.2) is 17.1 Å². The fraction of sp³-hybridized carbons (Fsp3) is 0.125. The molecule has 0 saturated carbocycles. The Labute approximate surface area is 81.5 Å². The second-order valence-electron chi connectivity index (χ2n) is 2.59. The summed E-state index contributed by atoms with van der Waals surface area (Å²) in [6.45, 7) is 0. The van der Waals surface area contributed by atoms with Crippen LogP contribution >= 0.6 is 0 Å². The summed E-state index contributed by atoms with van der Waals surface area (Å²) < 4.78 is 36.6. The van der Waals surface area contributed by atoms with Gasteiger partial charge in [-0.15, -0.1) is 0 Å². The van der Waals surface area contributed by atoms with Gasteiger partial charge in [0.05, 0.1) is 4.92 Å². The summed E-state index contributed by atoms with van der Waals surface area (Å²) >= 11 is 0. The molecule has 0 bridgehead atoms. The van der Waals surface area contributed by atoms with Crippen LogP contribution in [0.15, 0.2) is 18.2 Å². The first kappa shape index (κ1) is 11.2. The summed E-state index contributed by atoms with van der Waals surface area (Å²) in [5, 5.41) is 10.2. The van der Waals surface area contributed by atoms with E-state index >= 15 is 0 Å². The maximum absolute atomic E-state index is 12.7. The minimum atomic E-state index is -3.27. The highest BCUT2D eigenvalue weighted by Gasteiger charge is 2.22. The average Bonchev–Trinajstić information content (AvgIpc) is 2.16. The molecule has 0 aromatic heterocycles. The lowest BCUT2D eigenvalue weighted by molar-refractivity contribution is -0.387. The van der Waals surface area contributed by atoms with Crippen molar-refractivity contribution in [3.8, 4) is 0 Å². The molecule has 0 spiro atoms. The third kappa shape index (κ3) is 2.30. The molecule has 0 aliphatic heterocycles. The van der Waals surface area contributed by atoms with Gasteiger partial charge in [0.25, 0.3) is 0 Å². The van der Waals surface area contributed by atoms with Crippen LogP contribution in [0, 0.1) is 15.9 Å². The molecular formula is C8H4F3NO3. The van der Waals surface area contributed by atoms with Crippen molar-refractivity contribution >= 4 is 11.5 Å². The van der Waals surface area contributed by atoms with Crippen molar-refractivity contribution in [1.29, 1.82) is 0 Å². The van der Waals surface area contributed by atoms with Crippen LogP contribution in [0.25, 0.3) is 0 Å². The predicted octanol–water partition coefficient (Wildman–Crippen LogP) is 2.18. The van der Waals surface area contributed by atoms with E-state index in [4.69, 9.17) is 0 Å².